The van der Waals surface area contributed by atoms with Gasteiger partial charge in [-0.1, -0.05) is 50.0 Å². The second-order valence-electron chi connectivity index (χ2n) is 8.58. The smallest absolute Gasteiger partial charge is 0.272 e. The minimum Gasteiger partial charge on any atom is -0.272 e. The van der Waals surface area contributed by atoms with Crippen molar-refractivity contribution in [3.8, 4) is 0 Å². The van der Waals surface area contributed by atoms with E-state index in [0.29, 0.717) is 29.7 Å². The van der Waals surface area contributed by atoms with Crippen LogP contribution in [-0.4, -0.2) is 28.8 Å². The summed E-state index contributed by atoms with van der Waals surface area (Å²) in [7, 11) is 0. The molecule has 7 unspecified atom stereocenters. The number of nitrogens with one attached hydrogen (secondary N) is 1. The van der Waals surface area contributed by atoms with Crippen LogP contribution in [0, 0.1) is 29.6 Å². The fourth-order valence-corrected chi connectivity index (χ4v) is 5.69. The summed E-state index contributed by atoms with van der Waals surface area (Å²) >= 11 is 1.71. The summed E-state index contributed by atoms with van der Waals surface area (Å²) in [5, 5.41) is 6.32. The third-order valence-corrected chi connectivity index (χ3v) is 7.72. The maximum absolute atomic E-state index is 6.75. The first kappa shape index (κ1) is 19.6. The van der Waals surface area contributed by atoms with E-state index in [-0.39, 0.29) is 12.1 Å². The number of nitrogens with zero attached hydrogens (tertiary/aromatic N) is 1. The largest absolute Gasteiger partial charge is 0.435 e. The van der Waals surface area contributed by atoms with Gasteiger partial charge in [0.15, 0.2) is 6.21 Å². The molecular weight excluding hydrogens is 364 g/mol. The molecule has 0 bridgehead atoms. The first-order valence-electron chi connectivity index (χ1n) is 10.3. The molecule has 4 rings (SSSR count). The predicted molar refractivity (Wildman–Crippen MR) is 118 cm³/mol. The molecule has 28 heavy (non-hydrogen) atoms. The fourth-order valence-electron chi connectivity index (χ4n) is 4.76. The van der Waals surface area contributed by atoms with Crippen LogP contribution in [-0.2, 0) is 0 Å². The maximum atomic E-state index is 6.75. The molecule has 0 aromatic rings. The lowest BCUT2D eigenvalue weighted by Gasteiger charge is -2.36. The van der Waals surface area contributed by atoms with E-state index in [0.717, 1.165) is 18.7 Å². The number of allylic oxidation sites excluding steroid dienone is 7. The molecular formula is C23H32N4S+2. The van der Waals surface area contributed by atoms with Gasteiger partial charge in [0, 0.05) is 22.8 Å². The van der Waals surface area contributed by atoms with E-state index in [1.165, 1.54) is 10.5 Å². The van der Waals surface area contributed by atoms with Crippen LogP contribution in [0.25, 0.3) is 0 Å². The lowest BCUT2D eigenvalue weighted by molar-refractivity contribution is -0.492. The number of amidine groups is 1. The normalized spacial score (nSPS) is 36.8. The molecule has 0 radical (unpaired) electrons. The average Bonchev–Trinajstić information content (AvgIpc) is 3.13. The molecule has 5 heteroatoms. The molecule has 2 aliphatic heterocycles. The van der Waals surface area contributed by atoms with Crippen molar-refractivity contribution in [1.82, 2.24) is 4.72 Å². The van der Waals surface area contributed by atoms with Crippen LogP contribution in [0.1, 0.15) is 26.7 Å². The van der Waals surface area contributed by atoms with Crippen LogP contribution in [0.4, 0.5) is 0 Å². The van der Waals surface area contributed by atoms with Crippen LogP contribution in [0.15, 0.2) is 59.6 Å². The summed E-state index contributed by atoms with van der Waals surface area (Å²) in [6, 6.07) is 0.394. The quantitative estimate of drug-likeness (QED) is 0.388. The van der Waals surface area contributed by atoms with Crippen molar-refractivity contribution in [1.29, 1.82) is 0 Å². The van der Waals surface area contributed by atoms with Crippen molar-refractivity contribution in [2.24, 2.45) is 35.3 Å². The van der Waals surface area contributed by atoms with Gasteiger partial charge in [0.1, 0.15) is 0 Å². The topological polar surface area (TPSA) is 66.7 Å². The highest BCUT2D eigenvalue weighted by molar-refractivity contribution is 8.01. The lowest BCUT2D eigenvalue weighted by Crippen LogP contribution is -2.56. The fraction of sp³-hybridized carbons (Fsp3) is 0.478. The van der Waals surface area contributed by atoms with Gasteiger partial charge in [-0.05, 0) is 49.1 Å². The Morgan fingerprint density at radius 3 is 2.89 bits per heavy atom. The zero-order valence-electron chi connectivity index (χ0n) is 16.8. The van der Waals surface area contributed by atoms with Gasteiger partial charge in [-0.2, -0.15) is 5.41 Å². The van der Waals surface area contributed by atoms with E-state index >= 15 is 0 Å². The van der Waals surface area contributed by atoms with Crippen molar-refractivity contribution < 1.29 is 9.98 Å². The van der Waals surface area contributed by atoms with Gasteiger partial charge in [-0.3, -0.25) is 10.5 Å². The number of nitrogens with two attached hydrogens (primary N) is 2. The number of rotatable bonds is 4. The van der Waals surface area contributed by atoms with Crippen LogP contribution in [0.2, 0.25) is 0 Å². The third-order valence-electron chi connectivity index (χ3n) is 6.58. The third kappa shape index (κ3) is 3.76. The summed E-state index contributed by atoms with van der Waals surface area (Å²) in [6.07, 6.45) is 20.0. The van der Waals surface area contributed by atoms with Gasteiger partial charge in [0.05, 0.1) is 12.0 Å². The van der Waals surface area contributed by atoms with Crippen LogP contribution in [0.5, 0.6) is 0 Å². The van der Waals surface area contributed by atoms with E-state index in [1.807, 2.05) is 6.08 Å². The van der Waals surface area contributed by atoms with E-state index in [2.05, 4.69) is 72.4 Å². The Morgan fingerprint density at radius 2 is 2.14 bits per heavy atom. The Bertz CT molecular complexity index is 818. The first-order valence-corrected chi connectivity index (χ1v) is 11.1. The number of hydrogen-bond acceptors (Lipinski definition) is 3. The Balaban J connectivity index is 1.50. The zero-order chi connectivity index (χ0) is 19.8. The molecule has 0 spiro atoms. The van der Waals surface area contributed by atoms with Gasteiger partial charge >= 0.3 is 5.84 Å². The number of fused-ring (bicyclic) bond motifs is 1. The molecule has 0 fully saturated rings. The van der Waals surface area contributed by atoms with Crippen molar-refractivity contribution in [2.45, 2.75) is 38.9 Å². The second kappa shape index (κ2) is 7.97. The predicted octanol–water partition coefficient (Wildman–Crippen LogP) is 2.18. The Kier molecular flexibility index (Phi) is 5.59. The molecule has 0 saturated carbocycles. The first-order chi connectivity index (χ1) is 13.4. The molecule has 0 aromatic carbocycles. The van der Waals surface area contributed by atoms with E-state index in [4.69, 9.17) is 11.1 Å². The highest BCUT2D eigenvalue weighted by Gasteiger charge is 2.39. The van der Waals surface area contributed by atoms with Gasteiger partial charge in [-0.15, -0.1) is 4.58 Å². The standard InChI is InChI=1S/C23H31N4S/c1-14-5-4-6-18-12-17(7-9-20(14)18)16(3)23(25)27-13-19(8-10-22(27)24)21-11-15(2)26-28-21/h4-5,7-11,13,15-20,23-24,26H,1,6,12,25H2,2-3H3/q+1/p+1. The molecule has 0 saturated heterocycles. The minimum atomic E-state index is -0.140. The number of hydrogen-bond donors (Lipinski definition) is 3. The Labute approximate surface area is 172 Å². The molecule has 2 aliphatic carbocycles. The van der Waals surface area contributed by atoms with Crippen LogP contribution < -0.4 is 15.9 Å². The highest BCUT2D eigenvalue weighted by atomic mass is 32.2. The summed E-state index contributed by atoms with van der Waals surface area (Å²) in [6.45, 7) is 8.64. The van der Waals surface area contributed by atoms with Gasteiger partial charge in [0.25, 0.3) is 0 Å². The van der Waals surface area contributed by atoms with Crippen molar-refractivity contribution >= 4 is 24.0 Å². The van der Waals surface area contributed by atoms with Crippen molar-refractivity contribution in [3.63, 3.8) is 0 Å². The monoisotopic (exact) mass is 396 g/mol. The Morgan fingerprint density at radius 1 is 1.32 bits per heavy atom. The summed E-state index contributed by atoms with van der Waals surface area (Å²) < 4.78 is 5.47. The average molecular weight is 397 g/mol. The maximum Gasteiger partial charge on any atom is 0.435 e. The van der Waals surface area contributed by atoms with E-state index in [1.54, 1.807) is 11.9 Å². The minimum absolute atomic E-state index is 0.140. The molecule has 0 aromatic heterocycles. The Hall–Kier alpha value is -1.69. The molecule has 5 N–H and O–H groups in total. The molecule has 0 amide bonds. The lowest BCUT2D eigenvalue weighted by atomic mass is 9.69. The van der Waals surface area contributed by atoms with E-state index < -0.39 is 0 Å². The van der Waals surface area contributed by atoms with Gasteiger partial charge in [0.2, 0.25) is 6.17 Å². The SMILES string of the molecule is C=C1C=CCC2CC(C(C)C(N)[N+]3=CC(C4=CC(C)NS4)C=CC3=[NH2+])C=CC12. The van der Waals surface area contributed by atoms with Crippen molar-refractivity contribution in [3.05, 3.63) is 59.6 Å². The molecule has 148 valence electrons. The molecule has 4 nitrogen and oxygen atoms in total. The van der Waals surface area contributed by atoms with Crippen LogP contribution >= 0.6 is 11.9 Å². The second-order valence-corrected chi connectivity index (χ2v) is 9.49. The van der Waals surface area contributed by atoms with Gasteiger partial charge < -0.3 is 0 Å². The molecule has 2 heterocycles. The molecule has 7 atom stereocenters. The summed E-state index contributed by atoms with van der Waals surface area (Å²) in [5.74, 6) is 2.87. The molecule has 4 aliphatic rings. The highest BCUT2D eigenvalue weighted by Crippen LogP contribution is 2.41. The van der Waals surface area contributed by atoms with Crippen molar-refractivity contribution in [2.75, 3.05) is 0 Å². The summed E-state index contributed by atoms with van der Waals surface area (Å²) in [4.78, 5) is 1.31. The summed E-state index contributed by atoms with van der Waals surface area (Å²) in [5.41, 5.74) is 7.99. The van der Waals surface area contributed by atoms with Crippen LogP contribution in [0.3, 0.4) is 0 Å². The van der Waals surface area contributed by atoms with Gasteiger partial charge in [-0.25, -0.2) is 0 Å². The van der Waals surface area contributed by atoms with E-state index in [9.17, 15) is 0 Å². The zero-order valence-corrected chi connectivity index (χ0v) is 17.6.